The fraction of sp³-hybridized carbons (Fsp3) is 0.200. The molecule has 0 aliphatic carbocycles. The standard InChI is InChI=1S/C15H16N2O2/c1-3-12-4-6-13(7-5-12)14(18)8-9-16-15-10-11(2)19-17-15/h4-10H,3H2,1-2H3,(H,16,17)/b9-8+. The molecule has 98 valence electrons. The first-order valence-electron chi connectivity index (χ1n) is 6.18. The van der Waals surface area contributed by atoms with Crippen molar-refractivity contribution in [3.8, 4) is 0 Å². The minimum absolute atomic E-state index is 0.0460. The molecule has 1 heterocycles. The number of aromatic nitrogens is 1. The number of allylic oxidation sites excluding steroid dienone is 1. The van der Waals surface area contributed by atoms with E-state index in [0.717, 1.165) is 12.2 Å². The smallest absolute Gasteiger partial charge is 0.187 e. The Morgan fingerprint density at radius 3 is 2.68 bits per heavy atom. The third kappa shape index (κ3) is 3.55. The highest BCUT2D eigenvalue weighted by Gasteiger charge is 2.01. The Morgan fingerprint density at radius 1 is 1.37 bits per heavy atom. The zero-order valence-electron chi connectivity index (χ0n) is 11.0. The summed E-state index contributed by atoms with van der Waals surface area (Å²) in [5.41, 5.74) is 1.89. The summed E-state index contributed by atoms with van der Waals surface area (Å²) in [4.78, 5) is 11.9. The molecule has 1 aromatic heterocycles. The van der Waals surface area contributed by atoms with Crippen molar-refractivity contribution in [2.24, 2.45) is 0 Å². The molecule has 19 heavy (non-hydrogen) atoms. The molecular formula is C15H16N2O2. The SMILES string of the molecule is CCc1ccc(C(=O)/C=C/Nc2cc(C)on2)cc1. The lowest BCUT2D eigenvalue weighted by molar-refractivity contribution is 0.104. The van der Waals surface area contributed by atoms with Gasteiger partial charge in [-0.2, -0.15) is 0 Å². The van der Waals surface area contributed by atoms with Crippen LogP contribution in [0.4, 0.5) is 5.82 Å². The van der Waals surface area contributed by atoms with Crippen LogP contribution < -0.4 is 5.32 Å². The summed E-state index contributed by atoms with van der Waals surface area (Å²) < 4.78 is 4.90. The number of carbonyl (C=O) groups excluding carboxylic acids is 1. The molecule has 0 aliphatic heterocycles. The van der Waals surface area contributed by atoms with Gasteiger partial charge in [0.2, 0.25) is 0 Å². The lowest BCUT2D eigenvalue weighted by atomic mass is 10.1. The Balaban J connectivity index is 1.96. The van der Waals surface area contributed by atoms with Crippen molar-refractivity contribution in [1.82, 2.24) is 5.16 Å². The molecule has 1 N–H and O–H groups in total. The summed E-state index contributed by atoms with van der Waals surface area (Å²) in [7, 11) is 0. The second-order valence-electron chi connectivity index (χ2n) is 4.22. The van der Waals surface area contributed by atoms with Gasteiger partial charge in [0.05, 0.1) is 0 Å². The van der Waals surface area contributed by atoms with E-state index in [4.69, 9.17) is 4.52 Å². The molecule has 0 unspecified atom stereocenters. The second kappa shape index (κ2) is 6.00. The van der Waals surface area contributed by atoms with E-state index in [1.54, 1.807) is 12.3 Å². The Bertz CT molecular complexity index is 582. The van der Waals surface area contributed by atoms with Crippen molar-refractivity contribution in [2.75, 3.05) is 5.32 Å². The first kappa shape index (κ1) is 13.1. The zero-order chi connectivity index (χ0) is 13.7. The minimum atomic E-state index is -0.0460. The van der Waals surface area contributed by atoms with Gasteiger partial charge in [0, 0.05) is 23.9 Å². The predicted molar refractivity (Wildman–Crippen MR) is 74.2 cm³/mol. The van der Waals surface area contributed by atoms with Gasteiger partial charge in [-0.25, -0.2) is 0 Å². The van der Waals surface area contributed by atoms with E-state index >= 15 is 0 Å². The van der Waals surface area contributed by atoms with Crippen molar-refractivity contribution in [3.05, 3.63) is 59.5 Å². The van der Waals surface area contributed by atoms with Crippen LogP contribution in [0.15, 0.2) is 47.1 Å². The van der Waals surface area contributed by atoms with Gasteiger partial charge in [0.25, 0.3) is 0 Å². The second-order valence-corrected chi connectivity index (χ2v) is 4.22. The van der Waals surface area contributed by atoms with Gasteiger partial charge in [-0.15, -0.1) is 0 Å². The van der Waals surface area contributed by atoms with Crippen molar-refractivity contribution in [2.45, 2.75) is 20.3 Å². The minimum Gasteiger partial charge on any atom is -0.360 e. The number of benzene rings is 1. The largest absolute Gasteiger partial charge is 0.360 e. The van der Waals surface area contributed by atoms with E-state index in [0.29, 0.717) is 11.4 Å². The molecule has 0 saturated carbocycles. The molecule has 0 aliphatic rings. The fourth-order valence-corrected chi connectivity index (χ4v) is 1.64. The summed E-state index contributed by atoms with van der Waals surface area (Å²) in [5.74, 6) is 1.26. The van der Waals surface area contributed by atoms with Gasteiger partial charge in [0.15, 0.2) is 11.6 Å². The number of nitrogens with one attached hydrogen (secondary N) is 1. The molecule has 4 nitrogen and oxygen atoms in total. The van der Waals surface area contributed by atoms with E-state index in [1.807, 2.05) is 31.2 Å². The number of carbonyl (C=O) groups is 1. The van der Waals surface area contributed by atoms with E-state index in [1.165, 1.54) is 11.6 Å². The van der Waals surface area contributed by atoms with Crippen molar-refractivity contribution >= 4 is 11.6 Å². The summed E-state index contributed by atoms with van der Waals surface area (Å²) in [6, 6.07) is 9.37. The molecule has 0 spiro atoms. The molecule has 0 amide bonds. The molecule has 0 saturated heterocycles. The van der Waals surface area contributed by atoms with Crippen LogP contribution in [0, 0.1) is 6.92 Å². The Kier molecular flexibility index (Phi) is 4.13. The number of anilines is 1. The number of ketones is 1. The Morgan fingerprint density at radius 2 is 2.11 bits per heavy atom. The van der Waals surface area contributed by atoms with Gasteiger partial charge >= 0.3 is 0 Å². The molecule has 0 atom stereocenters. The van der Waals surface area contributed by atoms with E-state index < -0.39 is 0 Å². The van der Waals surface area contributed by atoms with Crippen LogP contribution in [0.5, 0.6) is 0 Å². The van der Waals surface area contributed by atoms with Crippen molar-refractivity contribution in [1.29, 1.82) is 0 Å². The maximum atomic E-state index is 11.9. The number of nitrogens with zero attached hydrogens (tertiary/aromatic N) is 1. The average Bonchev–Trinajstić information content (AvgIpc) is 2.84. The van der Waals surface area contributed by atoms with Crippen LogP contribution >= 0.6 is 0 Å². The van der Waals surface area contributed by atoms with Gasteiger partial charge in [0.1, 0.15) is 5.76 Å². The summed E-state index contributed by atoms with van der Waals surface area (Å²) in [6.45, 7) is 3.89. The third-order valence-corrected chi connectivity index (χ3v) is 2.74. The average molecular weight is 256 g/mol. The number of aryl methyl sites for hydroxylation is 2. The highest BCUT2D eigenvalue weighted by atomic mass is 16.5. The van der Waals surface area contributed by atoms with Crippen LogP contribution in [0.25, 0.3) is 0 Å². The van der Waals surface area contributed by atoms with Crippen LogP contribution in [0.2, 0.25) is 0 Å². The molecule has 2 rings (SSSR count). The molecule has 4 heteroatoms. The fourth-order valence-electron chi connectivity index (χ4n) is 1.64. The molecule has 1 aromatic carbocycles. The van der Waals surface area contributed by atoms with Gasteiger partial charge < -0.3 is 9.84 Å². The molecular weight excluding hydrogens is 240 g/mol. The molecule has 0 bridgehead atoms. The normalized spacial score (nSPS) is 10.8. The van der Waals surface area contributed by atoms with Crippen LogP contribution in [0.3, 0.4) is 0 Å². The van der Waals surface area contributed by atoms with Crippen LogP contribution in [-0.2, 0) is 6.42 Å². The predicted octanol–water partition coefficient (Wildman–Crippen LogP) is 3.35. The number of rotatable bonds is 5. The highest BCUT2D eigenvalue weighted by molar-refractivity contribution is 6.04. The number of hydrogen-bond acceptors (Lipinski definition) is 4. The van der Waals surface area contributed by atoms with Crippen LogP contribution in [0.1, 0.15) is 28.6 Å². The van der Waals surface area contributed by atoms with Gasteiger partial charge in [-0.3, -0.25) is 4.79 Å². The molecule has 0 fully saturated rings. The zero-order valence-corrected chi connectivity index (χ0v) is 11.0. The quantitative estimate of drug-likeness (QED) is 0.658. The topological polar surface area (TPSA) is 55.1 Å². The Hall–Kier alpha value is -2.36. The summed E-state index contributed by atoms with van der Waals surface area (Å²) >= 11 is 0. The third-order valence-electron chi connectivity index (χ3n) is 2.74. The highest BCUT2D eigenvalue weighted by Crippen LogP contribution is 2.08. The Labute approximate surface area is 112 Å². The monoisotopic (exact) mass is 256 g/mol. The van der Waals surface area contributed by atoms with Crippen molar-refractivity contribution in [3.63, 3.8) is 0 Å². The first-order chi connectivity index (χ1) is 9.19. The van der Waals surface area contributed by atoms with Crippen molar-refractivity contribution < 1.29 is 9.32 Å². The summed E-state index contributed by atoms with van der Waals surface area (Å²) in [6.07, 6.45) is 4.01. The maximum absolute atomic E-state index is 11.9. The summed E-state index contributed by atoms with van der Waals surface area (Å²) in [5, 5.41) is 6.64. The lowest BCUT2D eigenvalue weighted by Crippen LogP contribution is -1.96. The van der Waals surface area contributed by atoms with E-state index in [-0.39, 0.29) is 5.78 Å². The van der Waals surface area contributed by atoms with Gasteiger partial charge in [-0.05, 0) is 18.9 Å². The molecule has 2 aromatic rings. The van der Waals surface area contributed by atoms with Gasteiger partial charge in [-0.1, -0.05) is 36.3 Å². The lowest BCUT2D eigenvalue weighted by Gasteiger charge is -1.98. The van der Waals surface area contributed by atoms with Crippen LogP contribution in [-0.4, -0.2) is 10.9 Å². The maximum Gasteiger partial charge on any atom is 0.187 e. The first-order valence-corrected chi connectivity index (χ1v) is 6.18. The van der Waals surface area contributed by atoms with E-state index in [9.17, 15) is 4.79 Å². The number of hydrogen-bond donors (Lipinski definition) is 1. The van der Waals surface area contributed by atoms with E-state index in [2.05, 4.69) is 17.4 Å². The molecule has 0 radical (unpaired) electrons.